The second kappa shape index (κ2) is 7.20. The number of aromatic amines is 1. The van der Waals surface area contributed by atoms with Gasteiger partial charge in [0.15, 0.2) is 0 Å². The van der Waals surface area contributed by atoms with Gasteiger partial charge in [0.1, 0.15) is 0 Å². The maximum atomic E-state index is 12.1. The Morgan fingerprint density at radius 3 is 2.65 bits per heavy atom. The molecule has 2 rings (SSSR count). The van der Waals surface area contributed by atoms with Crippen molar-refractivity contribution < 1.29 is 4.79 Å². The van der Waals surface area contributed by atoms with Gasteiger partial charge in [-0.2, -0.15) is 0 Å². The Labute approximate surface area is 139 Å². The second-order valence-corrected chi connectivity index (χ2v) is 7.58. The molecular weight excluding hydrogens is 284 g/mol. The molecule has 1 unspecified atom stereocenters. The molecule has 1 atom stereocenters. The molecule has 0 bridgehead atoms. The van der Waals surface area contributed by atoms with E-state index in [0.29, 0.717) is 18.9 Å². The zero-order valence-corrected chi connectivity index (χ0v) is 15.1. The van der Waals surface area contributed by atoms with Crippen LogP contribution in [0.15, 0.2) is 24.4 Å². The maximum absolute atomic E-state index is 12.1. The molecule has 3 nitrogen and oxygen atoms in total. The molecule has 2 N–H and O–H groups in total. The molecule has 0 radical (unpaired) electrons. The van der Waals surface area contributed by atoms with E-state index in [1.165, 1.54) is 22.0 Å². The minimum absolute atomic E-state index is 0.154. The van der Waals surface area contributed by atoms with Crippen LogP contribution >= 0.6 is 0 Å². The zero-order chi connectivity index (χ0) is 17.0. The Hall–Kier alpha value is -1.77. The highest BCUT2D eigenvalue weighted by Crippen LogP contribution is 2.27. The number of carbonyl (C=O) groups is 1. The van der Waals surface area contributed by atoms with E-state index in [1.54, 1.807) is 0 Å². The van der Waals surface area contributed by atoms with E-state index in [9.17, 15) is 4.79 Å². The Morgan fingerprint density at radius 2 is 2.00 bits per heavy atom. The van der Waals surface area contributed by atoms with Crippen LogP contribution in [0.3, 0.4) is 0 Å². The molecule has 0 saturated heterocycles. The molecule has 2 aromatic rings. The largest absolute Gasteiger partial charge is 0.361 e. The molecule has 1 aromatic heterocycles. The lowest BCUT2D eigenvalue weighted by Crippen LogP contribution is -2.30. The summed E-state index contributed by atoms with van der Waals surface area (Å²) in [4.78, 5) is 15.5. The summed E-state index contributed by atoms with van der Waals surface area (Å²) < 4.78 is 0. The lowest BCUT2D eigenvalue weighted by Gasteiger charge is -2.26. The Kier molecular flexibility index (Phi) is 5.51. The molecule has 126 valence electrons. The molecule has 0 aliphatic heterocycles. The third kappa shape index (κ3) is 4.37. The number of nitrogens with one attached hydrogen (secondary N) is 2. The van der Waals surface area contributed by atoms with E-state index >= 15 is 0 Å². The zero-order valence-electron chi connectivity index (χ0n) is 15.1. The number of rotatable bonds is 6. The van der Waals surface area contributed by atoms with Gasteiger partial charge in [-0.15, -0.1) is 0 Å². The van der Waals surface area contributed by atoms with Crippen molar-refractivity contribution in [2.75, 3.05) is 6.54 Å². The van der Waals surface area contributed by atoms with Crippen molar-refractivity contribution in [1.29, 1.82) is 0 Å². The van der Waals surface area contributed by atoms with Crippen molar-refractivity contribution in [2.45, 2.75) is 53.9 Å². The van der Waals surface area contributed by atoms with Crippen LogP contribution in [0.25, 0.3) is 10.9 Å². The van der Waals surface area contributed by atoms with E-state index in [-0.39, 0.29) is 11.3 Å². The molecule has 0 spiro atoms. The molecule has 1 heterocycles. The van der Waals surface area contributed by atoms with Crippen LogP contribution in [0.4, 0.5) is 0 Å². The van der Waals surface area contributed by atoms with Crippen LogP contribution in [0.2, 0.25) is 0 Å². The maximum Gasteiger partial charge on any atom is 0.220 e. The number of aromatic nitrogens is 1. The van der Waals surface area contributed by atoms with Crippen molar-refractivity contribution >= 4 is 16.8 Å². The molecule has 1 aromatic carbocycles. The number of hydrogen-bond acceptors (Lipinski definition) is 1. The van der Waals surface area contributed by atoms with E-state index in [4.69, 9.17) is 0 Å². The molecule has 3 heteroatoms. The highest BCUT2D eigenvalue weighted by Gasteiger charge is 2.22. The van der Waals surface area contributed by atoms with Crippen LogP contribution in [0, 0.1) is 11.3 Å². The van der Waals surface area contributed by atoms with Crippen LogP contribution in [-0.4, -0.2) is 17.4 Å². The second-order valence-electron chi connectivity index (χ2n) is 7.58. The standard InChI is InChI=1S/C20H30N2O/c1-6-15-8-7-9-17-16(13-22-19(15)17)10-11-21-18(23)12-14(2)20(3,4)5/h7-9,13-14,22H,6,10-12H2,1-5H3,(H,21,23). The molecule has 23 heavy (non-hydrogen) atoms. The van der Waals surface area contributed by atoms with E-state index in [1.807, 2.05) is 0 Å². The van der Waals surface area contributed by atoms with Crippen molar-refractivity contribution in [3.05, 3.63) is 35.5 Å². The summed E-state index contributed by atoms with van der Waals surface area (Å²) in [6, 6.07) is 6.43. The predicted molar refractivity (Wildman–Crippen MR) is 97.6 cm³/mol. The lowest BCUT2D eigenvalue weighted by atomic mass is 9.80. The fraction of sp³-hybridized carbons (Fsp3) is 0.550. The molecule has 0 saturated carbocycles. The number of hydrogen-bond donors (Lipinski definition) is 2. The number of para-hydroxylation sites is 1. The third-order valence-electron chi connectivity index (χ3n) is 4.95. The fourth-order valence-corrected chi connectivity index (χ4v) is 2.77. The monoisotopic (exact) mass is 314 g/mol. The van der Waals surface area contributed by atoms with Crippen molar-refractivity contribution in [2.24, 2.45) is 11.3 Å². The molecule has 0 aliphatic rings. The average molecular weight is 314 g/mol. The first-order valence-corrected chi connectivity index (χ1v) is 8.67. The van der Waals surface area contributed by atoms with Gasteiger partial charge in [-0.1, -0.05) is 52.8 Å². The number of amides is 1. The van der Waals surface area contributed by atoms with E-state index in [0.717, 1.165) is 12.8 Å². The van der Waals surface area contributed by atoms with E-state index in [2.05, 4.69) is 69.3 Å². The fourth-order valence-electron chi connectivity index (χ4n) is 2.77. The number of carbonyl (C=O) groups excluding carboxylic acids is 1. The normalized spacial score (nSPS) is 13.3. The van der Waals surface area contributed by atoms with Crippen LogP contribution in [-0.2, 0) is 17.6 Å². The quantitative estimate of drug-likeness (QED) is 0.812. The van der Waals surface area contributed by atoms with Crippen LogP contribution < -0.4 is 5.32 Å². The van der Waals surface area contributed by atoms with E-state index < -0.39 is 0 Å². The average Bonchev–Trinajstić information content (AvgIpc) is 2.89. The van der Waals surface area contributed by atoms with Crippen molar-refractivity contribution in [1.82, 2.24) is 10.3 Å². The minimum Gasteiger partial charge on any atom is -0.361 e. The smallest absolute Gasteiger partial charge is 0.220 e. The number of fused-ring (bicyclic) bond motifs is 1. The number of benzene rings is 1. The topological polar surface area (TPSA) is 44.9 Å². The van der Waals surface area contributed by atoms with Gasteiger partial charge in [-0.3, -0.25) is 4.79 Å². The summed E-state index contributed by atoms with van der Waals surface area (Å²) in [7, 11) is 0. The first kappa shape index (κ1) is 17.6. The lowest BCUT2D eigenvalue weighted by molar-refractivity contribution is -0.122. The minimum atomic E-state index is 0.154. The summed E-state index contributed by atoms with van der Waals surface area (Å²) in [5, 5.41) is 4.34. The van der Waals surface area contributed by atoms with Gasteiger partial charge in [-0.25, -0.2) is 0 Å². The third-order valence-corrected chi connectivity index (χ3v) is 4.95. The summed E-state index contributed by atoms with van der Waals surface area (Å²) in [5.74, 6) is 0.532. The summed E-state index contributed by atoms with van der Waals surface area (Å²) in [6.45, 7) is 11.6. The Balaban J connectivity index is 1.91. The predicted octanol–water partition coefficient (Wildman–Crippen LogP) is 4.46. The number of H-pyrrole nitrogens is 1. The summed E-state index contributed by atoms with van der Waals surface area (Å²) >= 11 is 0. The van der Waals surface area contributed by atoms with Gasteiger partial charge >= 0.3 is 0 Å². The Bertz CT molecular complexity index is 664. The number of aryl methyl sites for hydroxylation is 1. The highest BCUT2D eigenvalue weighted by atomic mass is 16.1. The molecule has 1 amide bonds. The van der Waals surface area contributed by atoms with Gasteiger partial charge in [0.25, 0.3) is 0 Å². The SMILES string of the molecule is CCc1cccc2c(CCNC(=O)CC(C)C(C)(C)C)c[nH]c12. The van der Waals surface area contributed by atoms with Gasteiger partial charge in [0, 0.05) is 30.1 Å². The Morgan fingerprint density at radius 1 is 1.26 bits per heavy atom. The van der Waals surface area contributed by atoms with Crippen molar-refractivity contribution in [3.63, 3.8) is 0 Å². The molecular formula is C20H30N2O. The molecule has 0 aliphatic carbocycles. The van der Waals surface area contributed by atoms with Crippen LogP contribution in [0.1, 0.15) is 52.2 Å². The highest BCUT2D eigenvalue weighted by molar-refractivity contribution is 5.86. The summed E-state index contributed by atoms with van der Waals surface area (Å²) in [5.41, 5.74) is 4.03. The molecule has 0 fully saturated rings. The van der Waals surface area contributed by atoms with Crippen LogP contribution in [0.5, 0.6) is 0 Å². The van der Waals surface area contributed by atoms with Gasteiger partial charge < -0.3 is 10.3 Å². The first-order chi connectivity index (χ1) is 10.8. The first-order valence-electron chi connectivity index (χ1n) is 8.67. The van der Waals surface area contributed by atoms with Gasteiger partial charge in [0.05, 0.1) is 0 Å². The van der Waals surface area contributed by atoms with Crippen molar-refractivity contribution in [3.8, 4) is 0 Å². The van der Waals surface area contributed by atoms with Gasteiger partial charge in [0.2, 0.25) is 5.91 Å². The van der Waals surface area contributed by atoms with Gasteiger partial charge in [-0.05, 0) is 35.3 Å². The summed E-state index contributed by atoms with van der Waals surface area (Å²) in [6.07, 6.45) is 4.56.